The lowest BCUT2D eigenvalue weighted by atomic mass is 9.92. The Morgan fingerprint density at radius 3 is 2.39 bits per heavy atom. The highest BCUT2D eigenvalue weighted by Crippen LogP contribution is 2.28. The van der Waals surface area contributed by atoms with Crippen LogP contribution in [0.4, 0.5) is 0 Å². The third kappa shape index (κ3) is 4.32. The Bertz CT molecular complexity index is 591. The zero-order valence-electron chi connectivity index (χ0n) is 13.1. The van der Waals surface area contributed by atoms with Crippen molar-refractivity contribution in [3.8, 4) is 5.75 Å². The number of carbonyl (C=O) groups is 2. The molecule has 1 aliphatic rings. The summed E-state index contributed by atoms with van der Waals surface area (Å²) < 4.78 is 5.48. The van der Waals surface area contributed by atoms with Crippen LogP contribution in [0.25, 0.3) is 0 Å². The van der Waals surface area contributed by atoms with Crippen molar-refractivity contribution in [3.05, 3.63) is 28.3 Å². The third-order valence-corrected chi connectivity index (χ3v) is 5.50. The molecule has 1 amide bonds. The molecule has 0 radical (unpaired) electrons. The normalized spacial score (nSPS) is 16.7. The summed E-state index contributed by atoms with van der Waals surface area (Å²) in [6.07, 6.45) is 0.857. The average molecular weight is 358 g/mol. The zero-order chi connectivity index (χ0) is 17.0. The Balaban J connectivity index is 1.98. The molecule has 0 unspecified atom stereocenters. The van der Waals surface area contributed by atoms with Crippen molar-refractivity contribution in [1.82, 2.24) is 5.32 Å². The van der Waals surface area contributed by atoms with Gasteiger partial charge in [-0.15, -0.1) is 0 Å². The largest absolute Gasteiger partial charge is 0.484 e. The second-order valence-corrected chi connectivity index (χ2v) is 7.31. The molecule has 0 aromatic heterocycles. The van der Waals surface area contributed by atoms with E-state index in [4.69, 9.17) is 16.3 Å². The summed E-state index contributed by atoms with van der Waals surface area (Å²) in [6, 6.07) is 3.51. The molecule has 1 fully saturated rings. The molecule has 0 spiro atoms. The fraction of sp³-hybridized carbons (Fsp3) is 0.500. The highest BCUT2D eigenvalue weighted by Gasteiger charge is 2.41. The van der Waals surface area contributed by atoms with Gasteiger partial charge in [-0.05, 0) is 61.5 Å². The average Bonchev–Trinajstić information content (AvgIpc) is 2.51. The minimum atomic E-state index is -1.17. The minimum absolute atomic E-state index is 0.220. The Morgan fingerprint density at radius 1 is 1.30 bits per heavy atom. The molecular formula is C16H20ClNO4S. The molecule has 2 rings (SSSR count). The van der Waals surface area contributed by atoms with Crippen molar-refractivity contribution in [3.63, 3.8) is 0 Å². The molecule has 0 bridgehead atoms. The van der Waals surface area contributed by atoms with Gasteiger partial charge in [0.1, 0.15) is 11.3 Å². The number of ether oxygens (including phenoxy) is 1. The number of amides is 1. The number of benzene rings is 1. The number of halogens is 1. The number of hydrogen-bond donors (Lipinski definition) is 2. The fourth-order valence-electron chi connectivity index (χ4n) is 2.55. The number of aliphatic carboxylic acids is 1. The van der Waals surface area contributed by atoms with Gasteiger partial charge >= 0.3 is 5.97 Å². The predicted octanol–water partition coefficient (Wildman–Crippen LogP) is 2.80. The highest BCUT2D eigenvalue weighted by atomic mass is 35.5. The summed E-state index contributed by atoms with van der Waals surface area (Å²) in [5.74, 6) is 0.587. The molecule has 1 aliphatic heterocycles. The molecule has 1 heterocycles. The molecule has 1 aromatic carbocycles. The van der Waals surface area contributed by atoms with Crippen molar-refractivity contribution in [2.45, 2.75) is 32.2 Å². The van der Waals surface area contributed by atoms with Gasteiger partial charge in [-0.25, -0.2) is 4.79 Å². The molecule has 126 valence electrons. The Kier molecular flexibility index (Phi) is 5.81. The number of rotatable bonds is 5. The van der Waals surface area contributed by atoms with Crippen molar-refractivity contribution >= 4 is 35.2 Å². The van der Waals surface area contributed by atoms with Crippen LogP contribution in [0.2, 0.25) is 5.02 Å². The van der Waals surface area contributed by atoms with E-state index >= 15 is 0 Å². The van der Waals surface area contributed by atoms with Gasteiger partial charge in [0, 0.05) is 5.02 Å². The first-order valence-electron chi connectivity index (χ1n) is 7.36. The van der Waals surface area contributed by atoms with Crippen LogP contribution >= 0.6 is 23.4 Å². The van der Waals surface area contributed by atoms with Gasteiger partial charge < -0.3 is 15.2 Å². The van der Waals surface area contributed by atoms with Crippen LogP contribution in [0.3, 0.4) is 0 Å². The summed E-state index contributed by atoms with van der Waals surface area (Å²) in [7, 11) is 0. The second-order valence-electron chi connectivity index (χ2n) is 5.71. The quantitative estimate of drug-likeness (QED) is 0.847. The second kappa shape index (κ2) is 7.45. The molecule has 0 atom stereocenters. The number of hydrogen-bond acceptors (Lipinski definition) is 4. The smallest absolute Gasteiger partial charge is 0.329 e. The molecule has 23 heavy (non-hydrogen) atoms. The topological polar surface area (TPSA) is 75.6 Å². The van der Waals surface area contributed by atoms with E-state index in [-0.39, 0.29) is 6.61 Å². The van der Waals surface area contributed by atoms with Crippen molar-refractivity contribution in [2.24, 2.45) is 0 Å². The first kappa shape index (κ1) is 17.9. The predicted molar refractivity (Wildman–Crippen MR) is 91.5 cm³/mol. The first-order valence-corrected chi connectivity index (χ1v) is 8.89. The van der Waals surface area contributed by atoms with Crippen LogP contribution in [0.15, 0.2) is 12.1 Å². The third-order valence-electron chi connectivity index (χ3n) is 3.91. The van der Waals surface area contributed by atoms with Crippen molar-refractivity contribution in [2.75, 3.05) is 18.1 Å². The number of nitrogens with one attached hydrogen (secondary N) is 1. The van der Waals surface area contributed by atoms with Crippen LogP contribution < -0.4 is 10.1 Å². The van der Waals surface area contributed by atoms with Gasteiger partial charge in [0.05, 0.1) is 0 Å². The van der Waals surface area contributed by atoms with Crippen LogP contribution in [-0.2, 0) is 9.59 Å². The summed E-state index contributed by atoms with van der Waals surface area (Å²) in [4.78, 5) is 23.6. The Morgan fingerprint density at radius 2 is 1.87 bits per heavy atom. The zero-order valence-corrected chi connectivity index (χ0v) is 14.7. The van der Waals surface area contributed by atoms with E-state index in [1.54, 1.807) is 23.9 Å². The van der Waals surface area contributed by atoms with Gasteiger partial charge in [0.25, 0.3) is 5.91 Å². The van der Waals surface area contributed by atoms with E-state index in [9.17, 15) is 14.7 Å². The summed E-state index contributed by atoms with van der Waals surface area (Å²) in [6.45, 7) is 3.51. The van der Waals surface area contributed by atoms with Crippen LogP contribution in [0, 0.1) is 13.8 Å². The number of carboxylic acid groups (broad SMARTS) is 1. The Labute approximate surface area is 144 Å². The molecule has 7 heteroatoms. The van der Waals surface area contributed by atoms with E-state index in [1.807, 2.05) is 13.8 Å². The van der Waals surface area contributed by atoms with Crippen LogP contribution in [-0.4, -0.2) is 40.6 Å². The lowest BCUT2D eigenvalue weighted by Gasteiger charge is -2.33. The van der Waals surface area contributed by atoms with Gasteiger partial charge in [-0.1, -0.05) is 11.6 Å². The molecule has 2 N–H and O–H groups in total. The van der Waals surface area contributed by atoms with Gasteiger partial charge in [0.15, 0.2) is 6.61 Å². The molecular weight excluding hydrogens is 338 g/mol. The number of carboxylic acids is 1. The SMILES string of the molecule is Cc1cc(OCC(=O)NC2(C(=O)O)CCSCC2)cc(C)c1Cl. The number of aryl methyl sites for hydroxylation is 2. The van der Waals surface area contributed by atoms with E-state index in [2.05, 4.69) is 5.32 Å². The lowest BCUT2D eigenvalue weighted by Crippen LogP contribution is -2.57. The summed E-state index contributed by atoms with van der Waals surface area (Å²) in [5, 5.41) is 12.8. The van der Waals surface area contributed by atoms with Crippen molar-refractivity contribution in [1.29, 1.82) is 0 Å². The monoisotopic (exact) mass is 357 g/mol. The molecule has 0 saturated carbocycles. The van der Waals surface area contributed by atoms with Gasteiger partial charge in [-0.3, -0.25) is 4.79 Å². The van der Waals surface area contributed by atoms with E-state index < -0.39 is 17.4 Å². The lowest BCUT2D eigenvalue weighted by molar-refractivity contribution is -0.148. The number of carbonyl (C=O) groups excluding carboxylic acids is 1. The molecule has 1 aromatic rings. The van der Waals surface area contributed by atoms with E-state index in [0.717, 1.165) is 22.6 Å². The first-order chi connectivity index (χ1) is 10.8. The van der Waals surface area contributed by atoms with Crippen LogP contribution in [0.1, 0.15) is 24.0 Å². The standard InChI is InChI=1S/C16H20ClNO4S/c1-10-7-12(8-11(2)14(10)17)22-9-13(19)18-16(15(20)21)3-5-23-6-4-16/h7-8H,3-6,9H2,1-2H3,(H,18,19)(H,20,21). The molecule has 0 aliphatic carbocycles. The number of thioether (sulfide) groups is 1. The Hall–Kier alpha value is -1.40. The van der Waals surface area contributed by atoms with E-state index in [0.29, 0.717) is 23.6 Å². The van der Waals surface area contributed by atoms with Crippen LogP contribution in [0.5, 0.6) is 5.75 Å². The maximum absolute atomic E-state index is 12.1. The fourth-order valence-corrected chi connectivity index (χ4v) is 3.85. The van der Waals surface area contributed by atoms with Gasteiger partial charge in [0.2, 0.25) is 0 Å². The molecule has 1 saturated heterocycles. The molecule has 5 nitrogen and oxygen atoms in total. The van der Waals surface area contributed by atoms with Gasteiger partial charge in [-0.2, -0.15) is 11.8 Å². The minimum Gasteiger partial charge on any atom is -0.484 e. The maximum atomic E-state index is 12.1. The highest BCUT2D eigenvalue weighted by molar-refractivity contribution is 7.99. The summed E-state index contributed by atoms with van der Waals surface area (Å²) >= 11 is 7.79. The maximum Gasteiger partial charge on any atom is 0.329 e. The van der Waals surface area contributed by atoms with Crippen molar-refractivity contribution < 1.29 is 19.4 Å². The van der Waals surface area contributed by atoms with E-state index in [1.165, 1.54) is 0 Å². The summed E-state index contributed by atoms with van der Waals surface area (Å²) in [5.41, 5.74) is 0.569.